The molecule has 0 radical (unpaired) electrons. The van der Waals surface area contributed by atoms with Gasteiger partial charge in [-0.15, -0.1) is 0 Å². The summed E-state index contributed by atoms with van der Waals surface area (Å²) in [5.74, 6) is 1.03. The maximum atomic E-state index is 14.2. The molecule has 2 bridgehead atoms. The maximum absolute atomic E-state index is 14.2. The fourth-order valence-corrected chi connectivity index (χ4v) is 8.76. The molecule has 1 aliphatic carbocycles. The highest BCUT2D eigenvalue weighted by atomic mass is 32.2. The molecular weight excluding hydrogens is 506 g/mol. The normalized spacial score (nSPS) is 26.6. The zero-order valence-electron chi connectivity index (χ0n) is 22.8. The van der Waals surface area contributed by atoms with Gasteiger partial charge in [-0.1, -0.05) is 56.2 Å². The molecular formula is C32H41N3O3S. The van der Waals surface area contributed by atoms with Gasteiger partial charge in [0.15, 0.2) is 9.84 Å². The number of sulfone groups is 1. The van der Waals surface area contributed by atoms with Crippen molar-refractivity contribution < 1.29 is 13.2 Å². The van der Waals surface area contributed by atoms with Gasteiger partial charge in [0, 0.05) is 30.7 Å². The molecule has 2 heterocycles. The predicted octanol–water partition coefficient (Wildman–Crippen LogP) is 4.82. The molecule has 0 aromatic heterocycles. The van der Waals surface area contributed by atoms with Crippen molar-refractivity contribution in [2.75, 3.05) is 13.2 Å². The third-order valence-corrected chi connectivity index (χ3v) is 11.3. The van der Waals surface area contributed by atoms with Crippen molar-refractivity contribution in [3.05, 3.63) is 72.3 Å². The molecule has 3 fully saturated rings. The van der Waals surface area contributed by atoms with E-state index in [-0.39, 0.29) is 18.1 Å². The summed E-state index contributed by atoms with van der Waals surface area (Å²) in [5, 5.41) is 13.0. The zero-order chi connectivity index (χ0) is 26.8. The fraction of sp³-hybridized carbons (Fsp3) is 0.500. The molecule has 6 rings (SSSR count). The number of unbranched alkanes of at least 4 members (excludes halogenated alkanes) is 1. The monoisotopic (exact) mass is 547 g/mol. The molecule has 3 aromatic rings. The lowest BCUT2D eigenvalue weighted by Gasteiger charge is -2.36. The largest absolute Gasteiger partial charge is 0.494 e. The van der Waals surface area contributed by atoms with E-state index in [1.807, 2.05) is 0 Å². The Labute approximate surface area is 232 Å². The van der Waals surface area contributed by atoms with Gasteiger partial charge in [-0.05, 0) is 84.8 Å². The van der Waals surface area contributed by atoms with Crippen molar-refractivity contribution in [3.8, 4) is 5.75 Å². The number of hydrogen-bond donors (Lipinski definition) is 3. The lowest BCUT2D eigenvalue weighted by molar-refractivity contribution is 0.281. The van der Waals surface area contributed by atoms with Crippen molar-refractivity contribution in [1.82, 2.24) is 16.0 Å². The molecule has 0 amide bonds. The summed E-state index contributed by atoms with van der Waals surface area (Å²) in [4.78, 5) is 0.382. The second-order valence-electron chi connectivity index (χ2n) is 11.6. The molecule has 0 spiro atoms. The van der Waals surface area contributed by atoms with E-state index in [1.54, 1.807) is 24.3 Å². The quantitative estimate of drug-likeness (QED) is 0.282. The third kappa shape index (κ3) is 5.60. The summed E-state index contributed by atoms with van der Waals surface area (Å²) in [6, 6.07) is 22.4. The van der Waals surface area contributed by atoms with Crippen LogP contribution in [-0.4, -0.2) is 51.0 Å². The molecule has 3 N–H and O–H groups in total. The first kappa shape index (κ1) is 26.8. The third-order valence-electron chi connectivity index (χ3n) is 9.02. The van der Waals surface area contributed by atoms with Gasteiger partial charge in [0.25, 0.3) is 0 Å². The van der Waals surface area contributed by atoms with E-state index in [0.717, 1.165) is 31.6 Å². The fourth-order valence-electron chi connectivity index (χ4n) is 6.58. The number of rotatable bonds is 12. The van der Waals surface area contributed by atoms with Crippen molar-refractivity contribution in [3.63, 3.8) is 0 Å². The lowest BCUT2D eigenvalue weighted by atomic mass is 9.84. The molecule has 3 aliphatic rings. The number of nitrogens with one attached hydrogen (secondary N) is 3. The van der Waals surface area contributed by atoms with Gasteiger partial charge in [-0.25, -0.2) is 8.42 Å². The van der Waals surface area contributed by atoms with Crippen molar-refractivity contribution in [2.45, 2.75) is 86.3 Å². The summed E-state index contributed by atoms with van der Waals surface area (Å²) in [5.41, 5.74) is 1.17. The van der Waals surface area contributed by atoms with E-state index >= 15 is 0 Å². The summed E-state index contributed by atoms with van der Waals surface area (Å²) in [7, 11) is -3.57. The van der Waals surface area contributed by atoms with E-state index in [9.17, 15) is 8.42 Å². The summed E-state index contributed by atoms with van der Waals surface area (Å²) >= 11 is 0. The van der Waals surface area contributed by atoms with E-state index in [4.69, 9.17) is 4.74 Å². The Morgan fingerprint density at radius 2 is 1.77 bits per heavy atom. The zero-order valence-corrected chi connectivity index (χ0v) is 23.6. The Bertz CT molecular complexity index is 1370. The number of hydrogen-bond acceptors (Lipinski definition) is 6. The highest BCUT2D eigenvalue weighted by molar-refractivity contribution is 7.92. The van der Waals surface area contributed by atoms with Crippen LogP contribution >= 0.6 is 0 Å². The topological polar surface area (TPSA) is 79.5 Å². The second kappa shape index (κ2) is 11.6. The molecule has 7 heteroatoms. The van der Waals surface area contributed by atoms with E-state index in [0.29, 0.717) is 30.0 Å². The van der Waals surface area contributed by atoms with Crippen LogP contribution in [0, 0.1) is 5.92 Å². The first-order valence-electron chi connectivity index (χ1n) is 14.7. The molecule has 3 aromatic carbocycles. The number of fused-ring (bicyclic) bond motifs is 3. The second-order valence-corrected chi connectivity index (χ2v) is 13.7. The Morgan fingerprint density at radius 1 is 0.974 bits per heavy atom. The van der Waals surface area contributed by atoms with Gasteiger partial charge in [-0.3, -0.25) is 0 Å². The van der Waals surface area contributed by atoms with Crippen molar-refractivity contribution >= 4 is 20.6 Å². The molecule has 5 unspecified atom stereocenters. The molecule has 208 valence electrons. The van der Waals surface area contributed by atoms with Crippen LogP contribution in [0.25, 0.3) is 10.8 Å². The standard InChI is InChI=1S/C32H41N3O3S/c1-2-3-17-38-27-13-15-28(16-14-27)39(36,37)32-30-25(21-33-26-9-6-10-26)19-29(35-30)31(32)34-20-22-11-12-23-7-4-5-8-24(23)18-22/h4-5,7-8,11-16,18,25-26,29-35H,2-3,6,9-10,17,19-21H2,1H3. The van der Waals surface area contributed by atoms with Gasteiger partial charge in [0.1, 0.15) is 5.75 Å². The maximum Gasteiger partial charge on any atom is 0.184 e. The molecule has 39 heavy (non-hydrogen) atoms. The van der Waals surface area contributed by atoms with Crippen LogP contribution in [0.15, 0.2) is 71.6 Å². The van der Waals surface area contributed by atoms with E-state index in [2.05, 4.69) is 65.3 Å². The number of ether oxygens (including phenoxy) is 1. The Morgan fingerprint density at radius 3 is 2.51 bits per heavy atom. The van der Waals surface area contributed by atoms with Gasteiger partial charge in [-0.2, -0.15) is 0 Å². The molecule has 1 saturated carbocycles. The van der Waals surface area contributed by atoms with Crippen molar-refractivity contribution in [2.24, 2.45) is 5.92 Å². The Kier molecular flexibility index (Phi) is 7.94. The minimum absolute atomic E-state index is 0.0674. The SMILES string of the molecule is CCCCOc1ccc(S(=O)(=O)C2C3NC(CC3CNC3CCC3)C2NCc2ccc3ccccc3c2)cc1. The average molecular weight is 548 g/mol. The highest BCUT2D eigenvalue weighted by Gasteiger charge is 2.57. The van der Waals surface area contributed by atoms with Crippen LogP contribution in [0.1, 0.15) is 51.0 Å². The number of benzene rings is 3. The van der Waals surface area contributed by atoms with Gasteiger partial charge >= 0.3 is 0 Å². The minimum atomic E-state index is -3.57. The van der Waals surface area contributed by atoms with Crippen LogP contribution in [0.2, 0.25) is 0 Å². The van der Waals surface area contributed by atoms with E-state index in [1.165, 1.54) is 35.6 Å². The summed E-state index contributed by atoms with van der Waals surface area (Å²) < 4.78 is 34.2. The van der Waals surface area contributed by atoms with Crippen molar-refractivity contribution in [1.29, 1.82) is 0 Å². The predicted molar refractivity (Wildman–Crippen MR) is 157 cm³/mol. The van der Waals surface area contributed by atoms with Crippen LogP contribution in [0.5, 0.6) is 5.75 Å². The minimum Gasteiger partial charge on any atom is -0.494 e. The molecule has 5 atom stereocenters. The summed E-state index contributed by atoms with van der Waals surface area (Å²) in [6.07, 6.45) is 6.81. The highest BCUT2D eigenvalue weighted by Crippen LogP contribution is 2.40. The van der Waals surface area contributed by atoms with Gasteiger partial charge in [0.2, 0.25) is 0 Å². The average Bonchev–Trinajstić information content (AvgIpc) is 3.50. The lowest BCUT2D eigenvalue weighted by Crippen LogP contribution is -2.55. The summed E-state index contributed by atoms with van der Waals surface area (Å²) in [6.45, 7) is 4.30. The van der Waals surface area contributed by atoms with Crippen LogP contribution in [-0.2, 0) is 16.4 Å². The van der Waals surface area contributed by atoms with Crippen LogP contribution in [0.3, 0.4) is 0 Å². The smallest absolute Gasteiger partial charge is 0.184 e. The Hall–Kier alpha value is -2.45. The van der Waals surface area contributed by atoms with Crippen LogP contribution < -0.4 is 20.7 Å². The van der Waals surface area contributed by atoms with E-state index < -0.39 is 15.1 Å². The molecule has 6 nitrogen and oxygen atoms in total. The Balaban J connectivity index is 1.21. The molecule has 2 saturated heterocycles. The first-order chi connectivity index (χ1) is 19.0. The molecule has 2 aliphatic heterocycles. The first-order valence-corrected chi connectivity index (χ1v) is 16.2. The van der Waals surface area contributed by atoms with Gasteiger partial charge in [0.05, 0.1) is 16.8 Å². The van der Waals surface area contributed by atoms with Gasteiger partial charge < -0.3 is 20.7 Å². The van der Waals surface area contributed by atoms with Crippen LogP contribution in [0.4, 0.5) is 0 Å².